The van der Waals surface area contributed by atoms with E-state index in [1.807, 2.05) is 42.5 Å². The van der Waals surface area contributed by atoms with Crippen LogP contribution in [-0.4, -0.2) is 48.6 Å². The quantitative estimate of drug-likeness (QED) is 0.249. The van der Waals surface area contributed by atoms with Crippen LogP contribution in [-0.2, 0) is 9.47 Å². The van der Waals surface area contributed by atoms with Crippen LogP contribution in [0.1, 0.15) is 59.8 Å². The first-order valence-electron chi connectivity index (χ1n) is 14.2. The number of ether oxygens (including phenoxy) is 4. The van der Waals surface area contributed by atoms with E-state index in [0.29, 0.717) is 44.2 Å². The Morgan fingerprint density at radius 3 is 1.74 bits per heavy atom. The molecule has 0 saturated heterocycles. The van der Waals surface area contributed by atoms with E-state index in [1.54, 1.807) is 0 Å². The molecule has 3 aromatic rings. The van der Waals surface area contributed by atoms with Gasteiger partial charge in [0.1, 0.15) is 34.7 Å². The number of nitrogens with zero attached hydrogens (tertiary/aromatic N) is 2. The molecule has 1 aromatic heterocycles. The van der Waals surface area contributed by atoms with Gasteiger partial charge in [0, 0.05) is 13.2 Å². The lowest BCUT2D eigenvalue weighted by Crippen LogP contribution is -2.27. The van der Waals surface area contributed by atoms with Gasteiger partial charge in [-0.05, 0) is 74.1 Å². The molecule has 0 spiro atoms. The van der Waals surface area contributed by atoms with Gasteiger partial charge in [-0.25, -0.2) is 9.97 Å². The van der Waals surface area contributed by atoms with Crippen LogP contribution in [0.2, 0.25) is 0 Å². The molecule has 0 saturated carbocycles. The fraction of sp³-hybridized carbons (Fsp3) is 0.562. The summed E-state index contributed by atoms with van der Waals surface area (Å²) in [5, 5.41) is 0. The van der Waals surface area contributed by atoms with Crippen molar-refractivity contribution in [3.63, 3.8) is 0 Å². The van der Waals surface area contributed by atoms with E-state index < -0.39 is 0 Å². The highest BCUT2D eigenvalue weighted by atomic mass is 16.5. The zero-order valence-corrected chi connectivity index (χ0v) is 23.5. The molecule has 38 heavy (non-hydrogen) atoms. The lowest BCUT2D eigenvalue weighted by Gasteiger charge is -2.24. The molecule has 206 valence electrons. The zero-order valence-electron chi connectivity index (χ0n) is 23.5. The van der Waals surface area contributed by atoms with Crippen LogP contribution in [0, 0.1) is 17.8 Å². The van der Waals surface area contributed by atoms with Crippen molar-refractivity contribution in [2.45, 2.75) is 72.0 Å². The Morgan fingerprint density at radius 2 is 1.29 bits per heavy atom. The first-order valence-corrected chi connectivity index (χ1v) is 14.2. The Bertz CT molecular complexity index is 1100. The summed E-state index contributed by atoms with van der Waals surface area (Å²) in [5.74, 6) is 2.90. The number of hydrogen-bond donors (Lipinski definition) is 0. The average Bonchev–Trinajstić information content (AvgIpc) is 2.87. The predicted molar refractivity (Wildman–Crippen MR) is 154 cm³/mol. The largest absolute Gasteiger partial charge is 0.486 e. The number of aromatic nitrogens is 2. The molecule has 2 heterocycles. The smallest absolute Gasteiger partial charge is 0.147 e. The van der Waals surface area contributed by atoms with Crippen LogP contribution in [0.3, 0.4) is 0 Å². The average molecular weight is 521 g/mol. The fourth-order valence-corrected chi connectivity index (χ4v) is 5.11. The molecule has 2 bridgehead atoms. The summed E-state index contributed by atoms with van der Waals surface area (Å²) < 4.78 is 25.5. The van der Waals surface area contributed by atoms with Crippen molar-refractivity contribution in [3.05, 3.63) is 49.1 Å². The first-order chi connectivity index (χ1) is 18.4. The molecule has 1 aliphatic heterocycles. The number of hydrogen-bond acceptors (Lipinski definition) is 6. The SMILES string of the molecule is C=CCC1CCOCC(CC(C)C)Oc2cccc3nc4cccc(c4nc23)O[C@H](CC(C)C)COCC1. The van der Waals surface area contributed by atoms with Crippen molar-refractivity contribution in [1.29, 1.82) is 0 Å². The molecule has 0 fully saturated rings. The molecular formula is C32H44N2O4. The number of para-hydroxylation sites is 2. The molecule has 0 aliphatic carbocycles. The van der Waals surface area contributed by atoms with Gasteiger partial charge in [-0.3, -0.25) is 0 Å². The van der Waals surface area contributed by atoms with Crippen molar-refractivity contribution in [1.82, 2.24) is 9.97 Å². The first kappa shape index (κ1) is 28.3. The molecule has 6 nitrogen and oxygen atoms in total. The van der Waals surface area contributed by atoms with Gasteiger partial charge in [0.15, 0.2) is 0 Å². The Hall–Kier alpha value is -2.70. The van der Waals surface area contributed by atoms with Crippen LogP contribution in [0.15, 0.2) is 49.1 Å². The summed E-state index contributed by atoms with van der Waals surface area (Å²) in [7, 11) is 0. The minimum Gasteiger partial charge on any atom is -0.486 e. The second-order valence-electron chi connectivity index (χ2n) is 11.3. The van der Waals surface area contributed by atoms with Crippen molar-refractivity contribution in [2.75, 3.05) is 26.4 Å². The summed E-state index contributed by atoms with van der Waals surface area (Å²) >= 11 is 0. The summed E-state index contributed by atoms with van der Waals surface area (Å²) in [6.07, 6.45) is 6.56. The molecule has 0 radical (unpaired) electrons. The molecule has 0 amide bonds. The zero-order chi connectivity index (χ0) is 26.9. The molecule has 2 aromatic carbocycles. The van der Waals surface area contributed by atoms with Gasteiger partial charge in [-0.2, -0.15) is 0 Å². The van der Waals surface area contributed by atoms with Gasteiger partial charge in [-0.1, -0.05) is 45.9 Å². The molecular weight excluding hydrogens is 476 g/mol. The third-order valence-corrected chi connectivity index (χ3v) is 6.92. The van der Waals surface area contributed by atoms with E-state index in [9.17, 15) is 0 Å². The highest BCUT2D eigenvalue weighted by Crippen LogP contribution is 2.31. The van der Waals surface area contributed by atoms with Gasteiger partial charge in [0.05, 0.1) is 24.2 Å². The van der Waals surface area contributed by atoms with Crippen LogP contribution in [0.5, 0.6) is 11.5 Å². The second-order valence-corrected chi connectivity index (χ2v) is 11.3. The Labute approximate surface area is 227 Å². The van der Waals surface area contributed by atoms with E-state index in [4.69, 9.17) is 28.9 Å². The molecule has 2 unspecified atom stereocenters. The van der Waals surface area contributed by atoms with Crippen LogP contribution in [0.4, 0.5) is 0 Å². The van der Waals surface area contributed by atoms with Gasteiger partial charge in [0.2, 0.25) is 0 Å². The molecule has 0 N–H and O–H groups in total. The predicted octanol–water partition coefficient (Wildman–Crippen LogP) is 7.39. The van der Waals surface area contributed by atoms with E-state index in [-0.39, 0.29) is 12.2 Å². The molecule has 6 heteroatoms. The maximum atomic E-state index is 6.57. The fourth-order valence-electron chi connectivity index (χ4n) is 5.11. The number of rotatable bonds is 6. The van der Waals surface area contributed by atoms with E-state index in [1.165, 1.54) is 0 Å². The third kappa shape index (κ3) is 7.90. The Morgan fingerprint density at radius 1 is 0.789 bits per heavy atom. The van der Waals surface area contributed by atoms with E-state index in [0.717, 1.165) is 65.7 Å². The topological polar surface area (TPSA) is 62.7 Å². The summed E-state index contributed by atoms with van der Waals surface area (Å²) in [5.41, 5.74) is 3.10. The van der Waals surface area contributed by atoms with Crippen molar-refractivity contribution < 1.29 is 18.9 Å². The number of allylic oxidation sites excluding steroid dienone is 1. The minimum absolute atomic E-state index is 0.0694. The Kier molecular flexibility index (Phi) is 10.4. The summed E-state index contributed by atoms with van der Waals surface area (Å²) in [4.78, 5) is 9.97. The highest BCUT2D eigenvalue weighted by Gasteiger charge is 2.20. The molecule has 4 rings (SSSR count). The lowest BCUT2D eigenvalue weighted by atomic mass is 9.98. The van der Waals surface area contributed by atoms with Gasteiger partial charge < -0.3 is 18.9 Å². The second kappa shape index (κ2) is 13.9. The van der Waals surface area contributed by atoms with Crippen LogP contribution in [0.25, 0.3) is 22.1 Å². The van der Waals surface area contributed by atoms with Gasteiger partial charge >= 0.3 is 0 Å². The maximum Gasteiger partial charge on any atom is 0.147 e. The third-order valence-electron chi connectivity index (χ3n) is 6.92. The normalized spacial score (nSPS) is 21.9. The van der Waals surface area contributed by atoms with Crippen molar-refractivity contribution >= 4 is 22.1 Å². The summed E-state index contributed by atoms with van der Waals surface area (Å²) in [6.45, 7) is 15.3. The highest BCUT2D eigenvalue weighted by molar-refractivity contribution is 5.92. The molecule has 1 aliphatic rings. The van der Waals surface area contributed by atoms with E-state index in [2.05, 4.69) is 34.3 Å². The van der Waals surface area contributed by atoms with Crippen molar-refractivity contribution in [2.24, 2.45) is 17.8 Å². The standard InChI is InChI=1S/C32H44N2O4/c1-6-9-24-14-16-35-20-25(18-22(2)3)37-29-12-7-10-27-31(29)34-32-28(33-27)11-8-13-30(32)38-26(19-23(4)5)21-36-17-15-24/h6-8,10-13,22-26H,1,9,14-21H2,2-5H3/t24?,25-,26?/m1/s1. The lowest BCUT2D eigenvalue weighted by molar-refractivity contribution is 0.0237. The van der Waals surface area contributed by atoms with Gasteiger partial charge in [0.25, 0.3) is 0 Å². The van der Waals surface area contributed by atoms with Gasteiger partial charge in [-0.15, -0.1) is 6.58 Å². The maximum absolute atomic E-state index is 6.57. The number of benzene rings is 2. The van der Waals surface area contributed by atoms with Crippen molar-refractivity contribution in [3.8, 4) is 11.5 Å². The monoisotopic (exact) mass is 520 g/mol. The van der Waals surface area contributed by atoms with E-state index >= 15 is 0 Å². The summed E-state index contributed by atoms with van der Waals surface area (Å²) in [6, 6.07) is 11.9. The van der Waals surface area contributed by atoms with Crippen LogP contribution < -0.4 is 9.47 Å². The van der Waals surface area contributed by atoms with Crippen LogP contribution >= 0.6 is 0 Å². The minimum atomic E-state index is -0.0694. The Balaban J connectivity index is 1.72. The molecule has 3 atom stereocenters.